The number of rotatable bonds is 1. The van der Waals surface area contributed by atoms with Crippen molar-refractivity contribution in [1.82, 2.24) is 9.97 Å². The first-order valence-electron chi connectivity index (χ1n) is 2.84. The zero-order chi connectivity index (χ0) is 8.27. The Labute approximate surface area is 63.4 Å². The van der Waals surface area contributed by atoms with Crippen LogP contribution in [-0.4, -0.2) is 9.97 Å². The Morgan fingerprint density at radius 1 is 1.45 bits per heavy atom. The Morgan fingerprint density at radius 2 is 2.18 bits per heavy atom. The van der Waals surface area contributed by atoms with E-state index in [-0.39, 0.29) is 11.4 Å². The van der Waals surface area contributed by atoms with Gasteiger partial charge < -0.3 is 4.98 Å². The number of hydrogen-bond donors (Lipinski definition) is 1. The summed E-state index contributed by atoms with van der Waals surface area (Å²) in [7, 11) is 0. The van der Waals surface area contributed by atoms with Crippen molar-refractivity contribution in [3.63, 3.8) is 0 Å². The van der Waals surface area contributed by atoms with Crippen molar-refractivity contribution < 1.29 is 0 Å². The largest absolute Gasteiger partial charge is 0.329 e. The topological polar surface area (TPSA) is 76.3 Å². The predicted octanol–water partition coefficient (Wildman–Crippen LogP) is 0.796. The van der Waals surface area contributed by atoms with E-state index in [2.05, 4.69) is 16.5 Å². The number of aromatic nitrogens is 2. The Hall–Kier alpha value is -2.07. The Bertz CT molecular complexity index is 329. The van der Waals surface area contributed by atoms with Crippen molar-refractivity contribution in [2.24, 2.45) is 0 Å². The Morgan fingerprint density at radius 3 is 2.55 bits per heavy atom. The van der Waals surface area contributed by atoms with E-state index < -0.39 is 0 Å². The molecular formula is C7H4N4. The lowest BCUT2D eigenvalue weighted by Gasteiger charge is -1.75. The van der Waals surface area contributed by atoms with Gasteiger partial charge in [0.1, 0.15) is 18.0 Å². The van der Waals surface area contributed by atoms with Crippen molar-refractivity contribution >= 4 is 6.08 Å². The molecule has 0 unspecified atom stereocenters. The minimum atomic E-state index is 0.113. The monoisotopic (exact) mass is 144 g/mol. The lowest BCUT2D eigenvalue weighted by atomic mass is 10.4. The quantitative estimate of drug-likeness (QED) is 0.633. The summed E-state index contributed by atoms with van der Waals surface area (Å²) in [6, 6.07) is 3.60. The minimum Gasteiger partial charge on any atom is -0.329 e. The maximum absolute atomic E-state index is 8.45. The molecule has 0 saturated carbocycles. The molecule has 0 spiro atoms. The number of nitrogens with one attached hydrogen (secondary N) is 1. The van der Waals surface area contributed by atoms with E-state index in [0.717, 1.165) is 0 Å². The summed E-state index contributed by atoms with van der Waals surface area (Å²) >= 11 is 0. The van der Waals surface area contributed by atoms with Gasteiger partial charge in [0.2, 0.25) is 0 Å². The molecule has 0 amide bonds. The first kappa shape index (κ1) is 7.04. The highest BCUT2D eigenvalue weighted by Gasteiger charge is 2.05. The van der Waals surface area contributed by atoms with Gasteiger partial charge in [-0.3, -0.25) is 0 Å². The molecule has 1 aromatic rings. The zero-order valence-electron chi connectivity index (χ0n) is 5.63. The fraction of sp³-hybridized carbons (Fsp3) is 0. The normalized spacial score (nSPS) is 8.18. The van der Waals surface area contributed by atoms with E-state index in [0.29, 0.717) is 5.82 Å². The number of H-pyrrole nitrogens is 1. The highest BCUT2D eigenvalue weighted by atomic mass is 14.9. The van der Waals surface area contributed by atoms with Crippen molar-refractivity contribution in [2.45, 2.75) is 0 Å². The molecule has 1 heterocycles. The molecule has 1 rings (SSSR count). The summed E-state index contributed by atoms with van der Waals surface area (Å²) in [5.74, 6) is 0.443. The van der Waals surface area contributed by atoms with Gasteiger partial charge in [0.25, 0.3) is 0 Å². The molecule has 0 aliphatic rings. The summed E-state index contributed by atoms with van der Waals surface area (Å²) < 4.78 is 0. The van der Waals surface area contributed by atoms with Crippen LogP contribution in [0.15, 0.2) is 6.58 Å². The van der Waals surface area contributed by atoms with E-state index in [9.17, 15) is 0 Å². The molecule has 4 nitrogen and oxygen atoms in total. The summed E-state index contributed by atoms with van der Waals surface area (Å²) in [5, 5.41) is 16.9. The second-order valence-electron chi connectivity index (χ2n) is 1.77. The molecule has 0 aliphatic heterocycles. The molecule has 52 valence electrons. The number of imidazole rings is 1. The van der Waals surface area contributed by atoms with Crippen LogP contribution >= 0.6 is 0 Å². The van der Waals surface area contributed by atoms with Crippen molar-refractivity contribution in [3.8, 4) is 12.1 Å². The van der Waals surface area contributed by atoms with Crippen molar-refractivity contribution in [2.75, 3.05) is 0 Å². The first-order chi connectivity index (χ1) is 5.31. The standard InChI is InChI=1S/C7H4N4/c1-2-7-10-5(3-8)6(4-9)11-7/h2H,1H2,(H,10,11). The smallest absolute Gasteiger partial charge is 0.177 e. The maximum Gasteiger partial charge on any atom is 0.177 e. The van der Waals surface area contributed by atoms with Crippen LogP contribution in [0.3, 0.4) is 0 Å². The van der Waals surface area contributed by atoms with E-state index in [4.69, 9.17) is 10.5 Å². The molecule has 0 radical (unpaired) electrons. The third kappa shape index (κ3) is 1.10. The molecule has 0 atom stereocenters. The third-order valence-corrected chi connectivity index (χ3v) is 1.13. The number of nitriles is 2. The third-order valence-electron chi connectivity index (χ3n) is 1.13. The predicted molar refractivity (Wildman–Crippen MR) is 38.1 cm³/mol. The van der Waals surface area contributed by atoms with Gasteiger partial charge in [0.15, 0.2) is 11.4 Å². The summed E-state index contributed by atoms with van der Waals surface area (Å²) in [5.41, 5.74) is 0.296. The lowest BCUT2D eigenvalue weighted by Crippen LogP contribution is -1.77. The van der Waals surface area contributed by atoms with Crippen LogP contribution in [-0.2, 0) is 0 Å². The maximum atomic E-state index is 8.45. The van der Waals surface area contributed by atoms with Gasteiger partial charge in [-0.1, -0.05) is 6.58 Å². The molecule has 0 bridgehead atoms. The van der Waals surface area contributed by atoms with Gasteiger partial charge in [-0.15, -0.1) is 0 Å². The van der Waals surface area contributed by atoms with Crippen LogP contribution in [0.5, 0.6) is 0 Å². The summed E-state index contributed by atoms with van der Waals surface area (Å²) in [4.78, 5) is 6.38. The van der Waals surface area contributed by atoms with E-state index >= 15 is 0 Å². The van der Waals surface area contributed by atoms with Gasteiger partial charge >= 0.3 is 0 Å². The summed E-state index contributed by atoms with van der Waals surface area (Å²) in [6.45, 7) is 3.44. The molecule has 4 heteroatoms. The number of hydrogen-bond acceptors (Lipinski definition) is 3. The average Bonchev–Trinajstić information content (AvgIpc) is 2.46. The van der Waals surface area contributed by atoms with Crippen LogP contribution < -0.4 is 0 Å². The van der Waals surface area contributed by atoms with Gasteiger partial charge in [-0.2, -0.15) is 10.5 Å². The molecule has 0 aliphatic carbocycles. The van der Waals surface area contributed by atoms with Crippen LogP contribution in [0.4, 0.5) is 0 Å². The SMILES string of the molecule is C=Cc1nc(C#N)c(C#N)[nH]1. The number of nitrogens with zero attached hydrogens (tertiary/aromatic N) is 3. The Kier molecular flexibility index (Phi) is 1.71. The van der Waals surface area contributed by atoms with E-state index in [1.165, 1.54) is 6.08 Å². The molecule has 0 fully saturated rings. The van der Waals surface area contributed by atoms with Crippen LogP contribution in [0.2, 0.25) is 0 Å². The molecule has 0 saturated heterocycles. The highest BCUT2D eigenvalue weighted by Crippen LogP contribution is 2.03. The van der Waals surface area contributed by atoms with Gasteiger partial charge in [-0.05, 0) is 6.08 Å². The fourth-order valence-electron chi connectivity index (χ4n) is 0.650. The molecule has 1 N–H and O–H groups in total. The van der Waals surface area contributed by atoms with Crippen LogP contribution in [0.1, 0.15) is 17.2 Å². The van der Waals surface area contributed by atoms with Gasteiger partial charge in [0.05, 0.1) is 0 Å². The second-order valence-corrected chi connectivity index (χ2v) is 1.77. The van der Waals surface area contributed by atoms with Gasteiger partial charge in [0, 0.05) is 0 Å². The molecule has 11 heavy (non-hydrogen) atoms. The fourth-order valence-corrected chi connectivity index (χ4v) is 0.650. The molecule has 0 aromatic carbocycles. The van der Waals surface area contributed by atoms with Crippen molar-refractivity contribution in [1.29, 1.82) is 10.5 Å². The highest BCUT2D eigenvalue weighted by molar-refractivity contribution is 5.45. The first-order valence-corrected chi connectivity index (χ1v) is 2.84. The molecular weight excluding hydrogens is 140 g/mol. The number of aromatic amines is 1. The van der Waals surface area contributed by atoms with Crippen LogP contribution in [0, 0.1) is 22.7 Å². The van der Waals surface area contributed by atoms with Gasteiger partial charge in [-0.25, -0.2) is 4.98 Å². The summed E-state index contributed by atoms with van der Waals surface area (Å²) in [6.07, 6.45) is 1.45. The lowest BCUT2D eigenvalue weighted by molar-refractivity contribution is 1.25. The van der Waals surface area contributed by atoms with E-state index in [1.54, 1.807) is 6.07 Å². The molecule has 1 aromatic heterocycles. The van der Waals surface area contributed by atoms with E-state index in [1.807, 2.05) is 6.07 Å². The van der Waals surface area contributed by atoms with Crippen LogP contribution in [0.25, 0.3) is 6.08 Å². The minimum absolute atomic E-state index is 0.113. The zero-order valence-corrected chi connectivity index (χ0v) is 5.63. The van der Waals surface area contributed by atoms with Crippen molar-refractivity contribution in [3.05, 3.63) is 23.8 Å². The Balaban J connectivity index is 3.28. The second kappa shape index (κ2) is 2.68. The average molecular weight is 144 g/mol.